The van der Waals surface area contributed by atoms with Gasteiger partial charge in [-0.3, -0.25) is 4.79 Å². The van der Waals surface area contributed by atoms with Crippen LogP contribution in [-0.4, -0.2) is 25.5 Å². The summed E-state index contributed by atoms with van der Waals surface area (Å²) in [4.78, 5) is 12.2. The molecule has 1 unspecified atom stereocenters. The maximum atomic E-state index is 12.2. The van der Waals surface area contributed by atoms with Crippen molar-refractivity contribution in [1.82, 2.24) is 10.6 Å². The average Bonchev–Trinajstić information content (AvgIpc) is 2.97. The average molecular weight is 224 g/mol. The van der Waals surface area contributed by atoms with Crippen LogP contribution in [0.5, 0.6) is 0 Å². The van der Waals surface area contributed by atoms with Gasteiger partial charge in [-0.05, 0) is 38.1 Å². The molecular weight excluding hydrogens is 200 g/mol. The zero-order chi connectivity index (χ0) is 11.4. The van der Waals surface area contributed by atoms with E-state index in [0.717, 1.165) is 38.4 Å². The number of rotatable bonds is 4. The molecule has 0 aromatic carbocycles. The molecule has 3 heteroatoms. The monoisotopic (exact) mass is 224 g/mol. The maximum absolute atomic E-state index is 12.2. The van der Waals surface area contributed by atoms with Gasteiger partial charge in [-0.25, -0.2) is 0 Å². The molecule has 2 N–H and O–H groups in total. The van der Waals surface area contributed by atoms with Crippen molar-refractivity contribution in [3.8, 4) is 0 Å². The summed E-state index contributed by atoms with van der Waals surface area (Å²) in [5, 5.41) is 6.49. The number of hydrogen-bond donors (Lipinski definition) is 2. The van der Waals surface area contributed by atoms with E-state index in [1.165, 1.54) is 25.7 Å². The Morgan fingerprint density at radius 3 is 2.75 bits per heavy atom. The Balaban J connectivity index is 1.81. The Hall–Kier alpha value is -0.570. The van der Waals surface area contributed by atoms with Gasteiger partial charge in [0.25, 0.3) is 0 Å². The molecule has 0 spiro atoms. The minimum absolute atomic E-state index is 0.112. The molecule has 3 nitrogen and oxygen atoms in total. The van der Waals surface area contributed by atoms with Crippen LogP contribution in [0.15, 0.2) is 0 Å². The fourth-order valence-corrected chi connectivity index (χ4v) is 3.04. The maximum Gasteiger partial charge on any atom is 0.227 e. The second kappa shape index (κ2) is 5.17. The highest BCUT2D eigenvalue weighted by Crippen LogP contribution is 2.30. The summed E-state index contributed by atoms with van der Waals surface area (Å²) in [6.45, 7) is 4.88. The first-order valence-electron chi connectivity index (χ1n) is 6.76. The van der Waals surface area contributed by atoms with Gasteiger partial charge >= 0.3 is 0 Å². The third kappa shape index (κ3) is 2.40. The van der Waals surface area contributed by atoms with E-state index in [9.17, 15) is 4.79 Å². The third-order valence-corrected chi connectivity index (χ3v) is 4.43. The Morgan fingerprint density at radius 2 is 2.19 bits per heavy atom. The second-order valence-electron chi connectivity index (χ2n) is 5.42. The van der Waals surface area contributed by atoms with Crippen molar-refractivity contribution >= 4 is 5.91 Å². The molecule has 1 saturated carbocycles. The molecule has 0 radical (unpaired) electrons. The van der Waals surface area contributed by atoms with E-state index in [4.69, 9.17) is 0 Å². The first-order valence-corrected chi connectivity index (χ1v) is 6.76. The molecule has 0 aromatic heterocycles. The van der Waals surface area contributed by atoms with Crippen LogP contribution in [0, 0.1) is 11.3 Å². The van der Waals surface area contributed by atoms with E-state index >= 15 is 0 Å². The van der Waals surface area contributed by atoms with Crippen LogP contribution in [0.3, 0.4) is 0 Å². The molecule has 1 amide bonds. The Bertz CT molecular complexity index is 240. The van der Waals surface area contributed by atoms with Crippen molar-refractivity contribution in [1.29, 1.82) is 0 Å². The molecule has 2 rings (SSSR count). The quantitative estimate of drug-likeness (QED) is 0.763. The summed E-state index contributed by atoms with van der Waals surface area (Å²) in [6, 6.07) is 0. The predicted molar refractivity (Wildman–Crippen MR) is 65.2 cm³/mol. The van der Waals surface area contributed by atoms with Gasteiger partial charge in [0, 0.05) is 13.1 Å². The van der Waals surface area contributed by atoms with Gasteiger partial charge in [0.05, 0.1) is 5.41 Å². The van der Waals surface area contributed by atoms with Crippen molar-refractivity contribution in [3.63, 3.8) is 0 Å². The van der Waals surface area contributed by atoms with Gasteiger partial charge in [-0.15, -0.1) is 0 Å². The van der Waals surface area contributed by atoms with Crippen molar-refractivity contribution < 1.29 is 4.79 Å². The van der Waals surface area contributed by atoms with E-state index in [-0.39, 0.29) is 11.3 Å². The van der Waals surface area contributed by atoms with Gasteiger partial charge in [-0.1, -0.05) is 19.8 Å². The van der Waals surface area contributed by atoms with Crippen LogP contribution >= 0.6 is 0 Å². The van der Waals surface area contributed by atoms with Crippen molar-refractivity contribution in [2.75, 3.05) is 19.6 Å². The fourth-order valence-electron chi connectivity index (χ4n) is 3.04. The lowest BCUT2D eigenvalue weighted by Gasteiger charge is -2.26. The molecule has 1 aliphatic carbocycles. The van der Waals surface area contributed by atoms with Crippen LogP contribution in [0.4, 0.5) is 0 Å². The lowest BCUT2D eigenvalue weighted by Crippen LogP contribution is -2.43. The Morgan fingerprint density at radius 1 is 1.44 bits per heavy atom. The van der Waals surface area contributed by atoms with Gasteiger partial charge in [0.15, 0.2) is 0 Å². The second-order valence-corrected chi connectivity index (χ2v) is 5.42. The summed E-state index contributed by atoms with van der Waals surface area (Å²) < 4.78 is 0. The SMILES string of the molecule is CCC1(C(=O)NCC2CCCC2)CCNC1. The molecule has 1 atom stereocenters. The summed E-state index contributed by atoms with van der Waals surface area (Å²) in [5.74, 6) is 1.03. The topological polar surface area (TPSA) is 41.1 Å². The highest BCUT2D eigenvalue weighted by atomic mass is 16.2. The number of amides is 1. The summed E-state index contributed by atoms with van der Waals surface area (Å²) in [6.07, 6.45) is 7.26. The van der Waals surface area contributed by atoms with Gasteiger partial charge in [0.2, 0.25) is 5.91 Å². The van der Waals surface area contributed by atoms with Crippen LogP contribution in [0.2, 0.25) is 0 Å². The number of hydrogen-bond acceptors (Lipinski definition) is 2. The van der Waals surface area contributed by atoms with Gasteiger partial charge in [-0.2, -0.15) is 0 Å². The minimum atomic E-state index is -0.112. The highest BCUT2D eigenvalue weighted by Gasteiger charge is 2.39. The summed E-state index contributed by atoms with van der Waals surface area (Å²) in [5.41, 5.74) is -0.112. The largest absolute Gasteiger partial charge is 0.355 e. The molecule has 0 bridgehead atoms. The number of carbonyl (C=O) groups is 1. The summed E-state index contributed by atoms with van der Waals surface area (Å²) >= 11 is 0. The zero-order valence-corrected chi connectivity index (χ0v) is 10.3. The van der Waals surface area contributed by atoms with E-state index in [1.807, 2.05) is 0 Å². The number of carbonyl (C=O) groups excluding carboxylic acids is 1. The molecule has 2 fully saturated rings. The lowest BCUT2D eigenvalue weighted by molar-refractivity contribution is -0.130. The molecular formula is C13H24N2O. The van der Waals surface area contributed by atoms with Crippen LogP contribution in [0.1, 0.15) is 45.4 Å². The molecule has 2 aliphatic rings. The van der Waals surface area contributed by atoms with Crippen LogP contribution in [0.25, 0.3) is 0 Å². The van der Waals surface area contributed by atoms with Gasteiger partial charge in [0.1, 0.15) is 0 Å². The standard InChI is InChI=1S/C13H24N2O/c1-2-13(7-8-14-10-13)12(16)15-9-11-5-3-4-6-11/h11,14H,2-10H2,1H3,(H,15,16). The third-order valence-electron chi connectivity index (χ3n) is 4.43. The van der Waals surface area contributed by atoms with E-state index in [1.54, 1.807) is 0 Å². The Kier molecular flexibility index (Phi) is 3.85. The first kappa shape index (κ1) is 11.9. The molecule has 0 aromatic rings. The number of nitrogens with one attached hydrogen (secondary N) is 2. The Labute approximate surface area is 98.4 Å². The van der Waals surface area contributed by atoms with E-state index in [0.29, 0.717) is 0 Å². The van der Waals surface area contributed by atoms with Crippen molar-refractivity contribution in [2.45, 2.75) is 45.4 Å². The molecule has 1 saturated heterocycles. The molecule has 1 heterocycles. The normalized spacial score (nSPS) is 30.8. The van der Waals surface area contributed by atoms with E-state index < -0.39 is 0 Å². The van der Waals surface area contributed by atoms with Crippen molar-refractivity contribution in [2.24, 2.45) is 11.3 Å². The first-order chi connectivity index (χ1) is 7.77. The lowest BCUT2D eigenvalue weighted by atomic mass is 9.83. The highest BCUT2D eigenvalue weighted by molar-refractivity contribution is 5.83. The fraction of sp³-hybridized carbons (Fsp3) is 0.923. The van der Waals surface area contributed by atoms with E-state index in [2.05, 4.69) is 17.6 Å². The van der Waals surface area contributed by atoms with Gasteiger partial charge < -0.3 is 10.6 Å². The minimum Gasteiger partial charge on any atom is -0.355 e. The van der Waals surface area contributed by atoms with Crippen LogP contribution < -0.4 is 10.6 Å². The van der Waals surface area contributed by atoms with Crippen molar-refractivity contribution in [3.05, 3.63) is 0 Å². The predicted octanol–water partition coefficient (Wildman–Crippen LogP) is 1.68. The smallest absolute Gasteiger partial charge is 0.227 e. The summed E-state index contributed by atoms with van der Waals surface area (Å²) in [7, 11) is 0. The molecule has 16 heavy (non-hydrogen) atoms. The van der Waals surface area contributed by atoms with Crippen LogP contribution in [-0.2, 0) is 4.79 Å². The molecule has 1 aliphatic heterocycles. The zero-order valence-electron chi connectivity index (χ0n) is 10.3. The molecule has 92 valence electrons.